The van der Waals surface area contributed by atoms with Crippen LogP contribution in [-0.4, -0.2) is 23.2 Å². The lowest BCUT2D eigenvalue weighted by Gasteiger charge is -2.28. The largest absolute Gasteiger partial charge is 0.496 e. The lowest BCUT2D eigenvalue weighted by Crippen LogP contribution is -2.12. The highest BCUT2D eigenvalue weighted by atomic mass is 32.1. The number of halogens is 1. The van der Waals surface area contributed by atoms with Crippen LogP contribution in [0.5, 0.6) is 5.75 Å². The molecule has 1 aromatic heterocycles. The van der Waals surface area contributed by atoms with Crippen LogP contribution in [0.2, 0.25) is 0 Å². The summed E-state index contributed by atoms with van der Waals surface area (Å²) in [6.45, 7) is 2.28. The first-order chi connectivity index (χ1) is 16.0. The smallest absolute Gasteiger partial charge is 0.338 e. The van der Waals surface area contributed by atoms with Crippen LogP contribution in [0.3, 0.4) is 0 Å². The monoisotopic (exact) mass is 488 g/mol. The standard InChI is InChI=1S/C25H26FNO3S.H3NS/c1-3-15-4-6-16(7-5-15)17-8-10-18(11-9-17)24-27-14-23(31-24)20-12-21(26)19(25(28)29)13-22(20)30-2;1-2/h8-16H,3-7H2,1-2H3,(H,28,29);2H,1H2. The highest BCUT2D eigenvalue weighted by molar-refractivity contribution is 7.77. The Balaban J connectivity index is 0.00000149. The zero-order valence-corrected chi connectivity index (χ0v) is 20.5. The predicted octanol–water partition coefficient (Wildman–Crippen LogP) is 6.80. The minimum absolute atomic E-state index is 0.312. The number of carbonyl (C=O) groups is 1. The first-order valence-corrected chi connectivity index (χ1v) is 12.3. The van der Waals surface area contributed by atoms with Crippen LogP contribution < -0.4 is 9.88 Å². The molecule has 3 N–H and O–H groups in total. The molecule has 0 saturated heterocycles. The van der Waals surface area contributed by atoms with Crippen LogP contribution in [0.15, 0.2) is 42.6 Å². The number of ether oxygens (including phenoxy) is 1. The Bertz CT molecular complexity index is 1080. The van der Waals surface area contributed by atoms with Gasteiger partial charge in [-0.15, -0.1) is 24.2 Å². The van der Waals surface area contributed by atoms with Gasteiger partial charge < -0.3 is 9.84 Å². The third kappa shape index (κ3) is 5.75. The predicted molar refractivity (Wildman–Crippen MR) is 135 cm³/mol. The molecule has 0 amide bonds. The fraction of sp³-hybridized carbons (Fsp3) is 0.360. The topological polar surface area (TPSA) is 85.4 Å². The molecule has 0 radical (unpaired) electrons. The molecule has 0 bridgehead atoms. The first-order valence-electron chi connectivity index (χ1n) is 10.9. The summed E-state index contributed by atoms with van der Waals surface area (Å²) < 4.78 is 19.6. The number of carboxylic acid groups (broad SMARTS) is 1. The van der Waals surface area contributed by atoms with E-state index in [1.807, 2.05) is 0 Å². The molecule has 1 saturated carbocycles. The maximum absolute atomic E-state index is 14.2. The maximum atomic E-state index is 14.2. The van der Waals surface area contributed by atoms with Gasteiger partial charge in [0.25, 0.3) is 0 Å². The molecule has 1 aliphatic carbocycles. The van der Waals surface area contributed by atoms with Crippen molar-refractivity contribution in [2.45, 2.75) is 44.9 Å². The van der Waals surface area contributed by atoms with Gasteiger partial charge in [-0.3, -0.25) is 5.14 Å². The second kappa shape index (κ2) is 11.6. The van der Waals surface area contributed by atoms with E-state index in [9.17, 15) is 9.18 Å². The fourth-order valence-electron chi connectivity index (χ4n) is 4.41. The molecule has 4 rings (SSSR count). The molecule has 0 aliphatic heterocycles. The van der Waals surface area contributed by atoms with Gasteiger partial charge in [0, 0.05) is 17.3 Å². The van der Waals surface area contributed by atoms with Gasteiger partial charge in [0.2, 0.25) is 0 Å². The van der Waals surface area contributed by atoms with Crippen molar-refractivity contribution in [2.75, 3.05) is 7.11 Å². The molecule has 2 aromatic carbocycles. The van der Waals surface area contributed by atoms with Crippen molar-refractivity contribution in [3.05, 3.63) is 59.5 Å². The van der Waals surface area contributed by atoms with E-state index in [-0.39, 0.29) is 0 Å². The van der Waals surface area contributed by atoms with Gasteiger partial charge in [-0.05, 0) is 55.2 Å². The Morgan fingerprint density at radius 1 is 1.21 bits per heavy atom. The van der Waals surface area contributed by atoms with E-state index < -0.39 is 17.3 Å². The number of carboxylic acids is 1. The van der Waals surface area contributed by atoms with E-state index >= 15 is 0 Å². The lowest BCUT2D eigenvalue weighted by atomic mass is 9.78. The second-order valence-electron chi connectivity index (χ2n) is 8.12. The Hall–Kier alpha value is -2.42. The van der Waals surface area contributed by atoms with Gasteiger partial charge in [0.15, 0.2) is 0 Å². The number of aromatic carboxylic acids is 1. The number of rotatable bonds is 6. The third-order valence-electron chi connectivity index (χ3n) is 6.34. The molecule has 0 unspecified atom stereocenters. The molecule has 33 heavy (non-hydrogen) atoms. The SMILES string of the molecule is CCC1CCC(c2ccc(-c3ncc(-c4cc(F)c(C(=O)O)cc4OC)s3)cc2)CC1.NS. The summed E-state index contributed by atoms with van der Waals surface area (Å²) in [6.07, 6.45) is 8.12. The van der Waals surface area contributed by atoms with E-state index in [1.54, 1.807) is 6.20 Å². The number of aromatic nitrogens is 1. The molecule has 0 spiro atoms. The Morgan fingerprint density at radius 2 is 1.88 bits per heavy atom. The molecule has 8 heteroatoms. The summed E-state index contributed by atoms with van der Waals surface area (Å²) in [6, 6.07) is 11.0. The summed E-state index contributed by atoms with van der Waals surface area (Å²) in [5.74, 6) is -0.276. The number of nitrogens with zero attached hydrogens (tertiary/aromatic N) is 1. The summed E-state index contributed by atoms with van der Waals surface area (Å²) >= 11 is 4.46. The van der Waals surface area contributed by atoms with Crippen LogP contribution >= 0.6 is 24.2 Å². The third-order valence-corrected chi connectivity index (χ3v) is 7.42. The summed E-state index contributed by atoms with van der Waals surface area (Å²) in [5.41, 5.74) is 2.50. The van der Waals surface area contributed by atoms with E-state index in [1.165, 1.54) is 68.2 Å². The molecular weight excluding hydrogens is 459 g/mol. The highest BCUT2D eigenvalue weighted by Gasteiger charge is 2.22. The highest BCUT2D eigenvalue weighted by Crippen LogP contribution is 2.40. The average Bonchev–Trinajstić information content (AvgIpc) is 3.35. The lowest BCUT2D eigenvalue weighted by molar-refractivity contribution is 0.0691. The van der Waals surface area contributed by atoms with Gasteiger partial charge in [-0.1, -0.05) is 37.6 Å². The van der Waals surface area contributed by atoms with Crippen molar-refractivity contribution in [3.8, 4) is 26.8 Å². The van der Waals surface area contributed by atoms with Crippen LogP contribution in [-0.2, 0) is 0 Å². The van der Waals surface area contributed by atoms with Crippen LogP contribution in [0.1, 0.15) is 60.9 Å². The zero-order chi connectivity index (χ0) is 24.0. The van der Waals surface area contributed by atoms with Crippen molar-refractivity contribution in [2.24, 2.45) is 11.1 Å². The number of hydrogen-bond donors (Lipinski definition) is 3. The van der Waals surface area contributed by atoms with Crippen molar-refractivity contribution in [3.63, 3.8) is 0 Å². The van der Waals surface area contributed by atoms with Gasteiger partial charge in [-0.25, -0.2) is 14.2 Å². The molecule has 1 fully saturated rings. The second-order valence-corrected chi connectivity index (χ2v) is 9.15. The number of hydrogen-bond acceptors (Lipinski definition) is 6. The first kappa shape index (κ1) is 25.2. The maximum Gasteiger partial charge on any atom is 0.338 e. The normalized spacial score (nSPS) is 17.7. The molecule has 1 aliphatic rings. The summed E-state index contributed by atoms with van der Waals surface area (Å²) in [4.78, 5) is 16.4. The van der Waals surface area contributed by atoms with Gasteiger partial charge >= 0.3 is 5.97 Å². The molecule has 5 nitrogen and oxygen atoms in total. The number of thiol groups is 1. The van der Waals surface area contributed by atoms with Crippen molar-refractivity contribution in [1.82, 2.24) is 4.98 Å². The molecular formula is C25H29FN2O3S2. The number of benzene rings is 2. The van der Waals surface area contributed by atoms with Crippen molar-refractivity contribution < 1.29 is 19.0 Å². The molecule has 1 heterocycles. The quantitative estimate of drug-likeness (QED) is 0.332. The van der Waals surface area contributed by atoms with E-state index in [0.29, 0.717) is 17.2 Å². The van der Waals surface area contributed by atoms with Gasteiger partial charge in [0.05, 0.1) is 17.6 Å². The Kier molecular flexibility index (Phi) is 8.88. The average molecular weight is 489 g/mol. The van der Waals surface area contributed by atoms with Gasteiger partial charge in [0.1, 0.15) is 16.6 Å². The van der Waals surface area contributed by atoms with E-state index in [4.69, 9.17) is 9.84 Å². The summed E-state index contributed by atoms with van der Waals surface area (Å²) in [5, 5.41) is 14.2. The van der Waals surface area contributed by atoms with Crippen LogP contribution in [0.4, 0.5) is 4.39 Å². The Labute approximate surface area is 203 Å². The van der Waals surface area contributed by atoms with Gasteiger partial charge in [-0.2, -0.15) is 0 Å². The molecule has 176 valence electrons. The van der Waals surface area contributed by atoms with Crippen molar-refractivity contribution in [1.29, 1.82) is 0 Å². The molecule has 3 aromatic rings. The Morgan fingerprint density at radius 3 is 2.45 bits per heavy atom. The molecule has 0 atom stereocenters. The van der Waals surface area contributed by atoms with Crippen molar-refractivity contribution >= 4 is 30.1 Å². The minimum Gasteiger partial charge on any atom is -0.496 e. The minimum atomic E-state index is -1.32. The number of thiazole rings is 1. The number of methoxy groups -OCH3 is 1. The fourth-order valence-corrected chi connectivity index (χ4v) is 5.36. The zero-order valence-electron chi connectivity index (χ0n) is 18.8. The van der Waals surface area contributed by atoms with Crippen LogP contribution in [0.25, 0.3) is 21.0 Å². The summed E-state index contributed by atoms with van der Waals surface area (Å²) in [7, 11) is 1.44. The van der Waals surface area contributed by atoms with Crippen LogP contribution in [0, 0.1) is 11.7 Å². The van der Waals surface area contributed by atoms with E-state index in [2.05, 4.69) is 54.1 Å². The number of nitrogens with two attached hydrogens (primary N) is 1. The van der Waals surface area contributed by atoms with E-state index in [0.717, 1.165) is 21.4 Å².